The summed E-state index contributed by atoms with van der Waals surface area (Å²) in [5.41, 5.74) is 0. The van der Waals surface area contributed by atoms with Crippen molar-refractivity contribution in [1.82, 2.24) is 10.6 Å². The Morgan fingerprint density at radius 2 is 1.82 bits per heavy atom. The first-order chi connectivity index (χ1) is 10.5. The van der Waals surface area contributed by atoms with Crippen LogP contribution >= 0.6 is 35.0 Å². The second-order valence-corrected chi connectivity index (χ2v) is 7.42. The fourth-order valence-electron chi connectivity index (χ4n) is 2.33. The molecule has 1 aliphatic carbocycles. The molecule has 120 valence electrons. The monoisotopic (exact) mass is 360 g/mol. The van der Waals surface area contributed by atoms with E-state index in [-0.39, 0.29) is 11.9 Å². The number of hydrogen-bond acceptors (Lipinski definition) is 3. The van der Waals surface area contributed by atoms with Crippen LogP contribution in [-0.4, -0.2) is 23.2 Å². The lowest BCUT2D eigenvalue weighted by atomic mass is 10.2. The molecule has 22 heavy (non-hydrogen) atoms. The van der Waals surface area contributed by atoms with Gasteiger partial charge in [-0.25, -0.2) is 4.79 Å². The molecule has 4 nitrogen and oxygen atoms in total. The number of hydrogen-bond donors (Lipinski definition) is 2. The van der Waals surface area contributed by atoms with Crippen molar-refractivity contribution in [2.24, 2.45) is 0 Å². The van der Waals surface area contributed by atoms with Gasteiger partial charge in [0.15, 0.2) is 0 Å². The number of amides is 3. The van der Waals surface area contributed by atoms with Gasteiger partial charge in [-0.2, -0.15) is 0 Å². The summed E-state index contributed by atoms with van der Waals surface area (Å²) in [4.78, 5) is 24.5. The Hall–Kier alpha value is -0.910. The zero-order valence-corrected chi connectivity index (χ0v) is 14.5. The van der Waals surface area contributed by atoms with Crippen LogP contribution in [0.5, 0.6) is 0 Å². The number of urea groups is 1. The van der Waals surface area contributed by atoms with E-state index in [4.69, 9.17) is 23.2 Å². The molecule has 1 atom stereocenters. The number of thioether (sulfide) groups is 1. The van der Waals surface area contributed by atoms with E-state index in [0.717, 1.165) is 25.7 Å². The van der Waals surface area contributed by atoms with Crippen molar-refractivity contribution >= 4 is 46.9 Å². The second-order valence-electron chi connectivity index (χ2n) is 5.25. The van der Waals surface area contributed by atoms with E-state index in [1.54, 1.807) is 25.1 Å². The minimum Gasteiger partial charge on any atom is -0.335 e. The first-order valence-corrected chi connectivity index (χ1v) is 8.83. The summed E-state index contributed by atoms with van der Waals surface area (Å²) in [5.74, 6) is -0.364. The SMILES string of the molecule is C[C@H](Sc1c(Cl)cccc1Cl)C(=O)NC(=O)NC1CCCC1. The number of nitrogens with one attached hydrogen (secondary N) is 2. The predicted octanol–water partition coefficient (Wildman–Crippen LogP) is 4.24. The smallest absolute Gasteiger partial charge is 0.321 e. The largest absolute Gasteiger partial charge is 0.335 e. The minimum atomic E-state index is -0.480. The van der Waals surface area contributed by atoms with Crippen LogP contribution in [0.1, 0.15) is 32.6 Å². The Kier molecular flexibility index (Phi) is 6.41. The van der Waals surface area contributed by atoms with Crippen LogP contribution in [-0.2, 0) is 4.79 Å². The maximum Gasteiger partial charge on any atom is 0.321 e. The summed E-state index contributed by atoms with van der Waals surface area (Å²) in [5, 5.41) is 5.70. The molecule has 1 aliphatic rings. The molecule has 0 spiro atoms. The Bertz CT molecular complexity index is 542. The third-order valence-electron chi connectivity index (χ3n) is 3.51. The van der Waals surface area contributed by atoms with E-state index in [2.05, 4.69) is 10.6 Å². The average molecular weight is 361 g/mol. The van der Waals surface area contributed by atoms with Crippen LogP contribution in [0.3, 0.4) is 0 Å². The summed E-state index contributed by atoms with van der Waals surface area (Å²) in [6, 6.07) is 4.91. The van der Waals surface area contributed by atoms with Crippen molar-refractivity contribution in [1.29, 1.82) is 0 Å². The molecule has 1 aromatic carbocycles. The Morgan fingerprint density at radius 3 is 2.41 bits per heavy atom. The van der Waals surface area contributed by atoms with Gasteiger partial charge in [-0.3, -0.25) is 10.1 Å². The predicted molar refractivity (Wildman–Crippen MR) is 90.7 cm³/mol. The second kappa shape index (κ2) is 8.09. The van der Waals surface area contributed by atoms with Crippen molar-refractivity contribution in [3.8, 4) is 0 Å². The normalized spacial score (nSPS) is 16.3. The number of rotatable bonds is 4. The van der Waals surface area contributed by atoms with E-state index < -0.39 is 11.3 Å². The summed E-state index contributed by atoms with van der Waals surface area (Å²) >= 11 is 13.4. The molecule has 0 aromatic heterocycles. The summed E-state index contributed by atoms with van der Waals surface area (Å²) in [7, 11) is 0. The van der Waals surface area contributed by atoms with E-state index in [1.165, 1.54) is 11.8 Å². The van der Waals surface area contributed by atoms with Crippen LogP contribution in [0, 0.1) is 0 Å². The minimum absolute atomic E-state index is 0.175. The zero-order valence-electron chi connectivity index (χ0n) is 12.2. The van der Waals surface area contributed by atoms with E-state index in [9.17, 15) is 9.59 Å². The number of halogens is 2. The number of carbonyl (C=O) groups excluding carboxylic acids is 2. The number of benzene rings is 1. The van der Waals surface area contributed by atoms with Crippen molar-refractivity contribution in [3.05, 3.63) is 28.2 Å². The van der Waals surface area contributed by atoms with Crippen molar-refractivity contribution in [3.63, 3.8) is 0 Å². The van der Waals surface area contributed by atoms with Gasteiger partial charge in [-0.15, -0.1) is 11.8 Å². The summed E-state index contributed by atoms with van der Waals surface area (Å²) in [6.07, 6.45) is 4.19. The molecule has 2 N–H and O–H groups in total. The Labute approximate surface area is 144 Å². The van der Waals surface area contributed by atoms with Crippen molar-refractivity contribution in [2.75, 3.05) is 0 Å². The molecule has 0 aliphatic heterocycles. The summed E-state index contributed by atoms with van der Waals surface area (Å²) < 4.78 is 0. The lowest BCUT2D eigenvalue weighted by molar-refractivity contribution is -0.119. The molecule has 0 saturated heterocycles. The Morgan fingerprint density at radius 1 is 1.23 bits per heavy atom. The van der Waals surface area contributed by atoms with E-state index in [0.29, 0.717) is 14.9 Å². The van der Waals surface area contributed by atoms with Gasteiger partial charge in [-0.1, -0.05) is 42.1 Å². The van der Waals surface area contributed by atoms with Gasteiger partial charge in [0.2, 0.25) is 5.91 Å². The zero-order chi connectivity index (χ0) is 16.1. The molecule has 1 saturated carbocycles. The highest BCUT2D eigenvalue weighted by atomic mass is 35.5. The summed E-state index contributed by atoms with van der Waals surface area (Å²) in [6.45, 7) is 1.71. The van der Waals surface area contributed by atoms with Gasteiger partial charge in [0, 0.05) is 10.9 Å². The molecule has 3 amide bonds. The van der Waals surface area contributed by atoms with Gasteiger partial charge < -0.3 is 5.32 Å². The van der Waals surface area contributed by atoms with Crippen molar-refractivity contribution < 1.29 is 9.59 Å². The quantitative estimate of drug-likeness (QED) is 0.789. The Balaban J connectivity index is 1.87. The van der Waals surface area contributed by atoms with Gasteiger partial charge in [0.05, 0.1) is 15.3 Å². The lowest BCUT2D eigenvalue weighted by Gasteiger charge is -2.15. The molecule has 0 unspecified atom stereocenters. The molecule has 0 heterocycles. The van der Waals surface area contributed by atoms with Gasteiger partial charge in [-0.05, 0) is 31.9 Å². The molecule has 1 aromatic rings. The number of imide groups is 1. The molecule has 0 radical (unpaired) electrons. The van der Waals surface area contributed by atoms with Crippen LogP contribution in [0.15, 0.2) is 23.1 Å². The third kappa shape index (κ3) is 4.80. The molecular weight excluding hydrogens is 343 g/mol. The maximum atomic E-state index is 12.1. The standard InChI is InChI=1S/C15H18Cl2N2O2S/c1-9(22-13-11(16)7-4-8-12(13)17)14(20)19-15(21)18-10-5-2-3-6-10/h4,7-10H,2-3,5-6H2,1H3,(H2,18,19,20,21)/t9-/m0/s1. The van der Waals surface area contributed by atoms with Crippen molar-refractivity contribution in [2.45, 2.75) is 48.8 Å². The molecule has 2 rings (SSSR count). The van der Waals surface area contributed by atoms with Crippen LogP contribution in [0.25, 0.3) is 0 Å². The fourth-order valence-corrected chi connectivity index (χ4v) is 3.88. The average Bonchev–Trinajstić information content (AvgIpc) is 2.95. The fraction of sp³-hybridized carbons (Fsp3) is 0.467. The van der Waals surface area contributed by atoms with Crippen LogP contribution in [0.2, 0.25) is 10.0 Å². The van der Waals surface area contributed by atoms with Gasteiger partial charge >= 0.3 is 6.03 Å². The lowest BCUT2D eigenvalue weighted by Crippen LogP contribution is -2.45. The topological polar surface area (TPSA) is 58.2 Å². The van der Waals surface area contributed by atoms with Crippen LogP contribution < -0.4 is 10.6 Å². The number of carbonyl (C=O) groups is 2. The van der Waals surface area contributed by atoms with Gasteiger partial charge in [0.1, 0.15) is 0 Å². The third-order valence-corrected chi connectivity index (χ3v) is 5.61. The highest BCUT2D eigenvalue weighted by Gasteiger charge is 2.22. The molecular formula is C15H18Cl2N2O2S. The van der Waals surface area contributed by atoms with Crippen LogP contribution in [0.4, 0.5) is 4.79 Å². The highest BCUT2D eigenvalue weighted by Crippen LogP contribution is 2.36. The maximum absolute atomic E-state index is 12.1. The first kappa shape index (κ1) is 17.4. The van der Waals surface area contributed by atoms with E-state index in [1.807, 2.05) is 0 Å². The van der Waals surface area contributed by atoms with E-state index >= 15 is 0 Å². The van der Waals surface area contributed by atoms with Gasteiger partial charge in [0.25, 0.3) is 0 Å². The molecule has 1 fully saturated rings. The molecule has 7 heteroatoms. The molecule has 0 bridgehead atoms. The first-order valence-electron chi connectivity index (χ1n) is 7.19. The highest BCUT2D eigenvalue weighted by molar-refractivity contribution is 8.00.